The zero-order chi connectivity index (χ0) is 18.4. The fourth-order valence-corrected chi connectivity index (χ4v) is 4.94. The molecule has 1 aliphatic carbocycles. The summed E-state index contributed by atoms with van der Waals surface area (Å²) in [5.41, 5.74) is 2.00. The predicted octanol–water partition coefficient (Wildman–Crippen LogP) is 2.43. The molecule has 3 aliphatic heterocycles. The molecule has 2 atom stereocenters. The van der Waals surface area contributed by atoms with Crippen LogP contribution in [-0.2, 0) is 6.54 Å². The highest BCUT2D eigenvalue weighted by molar-refractivity contribution is 5.95. The van der Waals surface area contributed by atoms with Gasteiger partial charge in [-0.25, -0.2) is 0 Å². The standard InChI is InChI=1S/C21H31N3O2/c1-4-24-15(3)9-14(2)19(21(24)26)20(25)23-12-17-7-8-18(13-23)22(11-17)10-16-5-6-16/h9,16-18H,4-8,10-13H2,1-3H3/t17-,18-/m1/s1. The molecule has 1 saturated carbocycles. The summed E-state index contributed by atoms with van der Waals surface area (Å²) in [4.78, 5) is 30.9. The summed E-state index contributed by atoms with van der Waals surface area (Å²) in [7, 11) is 0. The van der Waals surface area contributed by atoms with E-state index in [9.17, 15) is 9.59 Å². The highest BCUT2D eigenvalue weighted by Crippen LogP contribution is 2.35. The van der Waals surface area contributed by atoms with E-state index in [1.807, 2.05) is 31.7 Å². The molecule has 1 aromatic heterocycles. The molecule has 5 nitrogen and oxygen atoms in total. The average Bonchev–Trinajstić information content (AvgIpc) is 3.42. The van der Waals surface area contributed by atoms with Crippen molar-refractivity contribution in [3.8, 4) is 0 Å². The third-order valence-corrected chi connectivity index (χ3v) is 6.54. The van der Waals surface area contributed by atoms with Crippen LogP contribution in [0.5, 0.6) is 0 Å². The number of fused-ring (bicyclic) bond motifs is 4. The molecule has 1 aromatic rings. The minimum absolute atomic E-state index is 0.0557. The van der Waals surface area contributed by atoms with E-state index in [0.29, 0.717) is 24.1 Å². The first-order valence-corrected chi connectivity index (χ1v) is 10.2. The van der Waals surface area contributed by atoms with E-state index in [-0.39, 0.29) is 11.5 Å². The lowest BCUT2D eigenvalue weighted by molar-refractivity contribution is 0.0733. The molecule has 0 spiro atoms. The summed E-state index contributed by atoms with van der Waals surface area (Å²) in [6.07, 6.45) is 5.14. The normalized spacial score (nSPS) is 26.2. The van der Waals surface area contributed by atoms with Crippen LogP contribution in [0.25, 0.3) is 0 Å². The van der Waals surface area contributed by atoms with Gasteiger partial charge in [-0.3, -0.25) is 14.5 Å². The van der Waals surface area contributed by atoms with Crippen molar-refractivity contribution in [2.75, 3.05) is 26.2 Å². The van der Waals surface area contributed by atoms with Gasteiger partial charge in [0, 0.05) is 44.5 Å². The Morgan fingerprint density at radius 2 is 1.88 bits per heavy atom. The largest absolute Gasteiger partial charge is 0.337 e. The maximum Gasteiger partial charge on any atom is 0.263 e. The fourth-order valence-electron chi connectivity index (χ4n) is 4.94. The summed E-state index contributed by atoms with van der Waals surface area (Å²) in [5, 5.41) is 0. The lowest BCUT2D eigenvalue weighted by Crippen LogP contribution is -2.45. The molecule has 4 aliphatic rings. The van der Waals surface area contributed by atoms with Crippen molar-refractivity contribution in [1.29, 1.82) is 0 Å². The van der Waals surface area contributed by atoms with E-state index in [4.69, 9.17) is 0 Å². The topological polar surface area (TPSA) is 45.6 Å². The predicted molar refractivity (Wildman–Crippen MR) is 103 cm³/mol. The maximum atomic E-state index is 13.3. The number of aryl methyl sites for hydroxylation is 2. The van der Waals surface area contributed by atoms with Crippen LogP contribution in [0.15, 0.2) is 10.9 Å². The first kappa shape index (κ1) is 17.8. The van der Waals surface area contributed by atoms with Gasteiger partial charge in [0.25, 0.3) is 11.5 Å². The fraction of sp³-hybridized carbons (Fsp3) is 0.714. The molecule has 0 radical (unpaired) electrons. The van der Waals surface area contributed by atoms with Crippen LogP contribution in [0.2, 0.25) is 0 Å². The van der Waals surface area contributed by atoms with Crippen molar-refractivity contribution >= 4 is 5.91 Å². The average molecular weight is 357 g/mol. The van der Waals surface area contributed by atoms with Gasteiger partial charge in [0.15, 0.2) is 0 Å². The molecule has 4 fully saturated rings. The van der Waals surface area contributed by atoms with E-state index in [1.54, 1.807) is 4.57 Å². The number of piperidine rings is 1. The molecule has 5 rings (SSSR count). The summed E-state index contributed by atoms with van der Waals surface area (Å²) in [6.45, 7) is 10.3. The molecule has 0 unspecified atom stereocenters. The number of nitrogens with zero attached hydrogens (tertiary/aromatic N) is 3. The molecule has 3 saturated heterocycles. The van der Waals surface area contributed by atoms with Crippen LogP contribution in [0.1, 0.15) is 54.2 Å². The van der Waals surface area contributed by atoms with Crippen molar-refractivity contribution in [1.82, 2.24) is 14.4 Å². The Morgan fingerprint density at radius 3 is 2.58 bits per heavy atom. The number of hydrogen-bond donors (Lipinski definition) is 0. The molecule has 5 heteroatoms. The van der Waals surface area contributed by atoms with Crippen LogP contribution in [-0.4, -0.2) is 52.5 Å². The summed E-state index contributed by atoms with van der Waals surface area (Å²) < 4.78 is 1.71. The lowest BCUT2D eigenvalue weighted by atomic mass is 9.95. The molecule has 0 aromatic carbocycles. The smallest absolute Gasteiger partial charge is 0.263 e. The van der Waals surface area contributed by atoms with Crippen LogP contribution in [0.4, 0.5) is 0 Å². The third kappa shape index (κ3) is 3.22. The van der Waals surface area contributed by atoms with E-state index in [0.717, 1.165) is 36.8 Å². The summed E-state index contributed by atoms with van der Waals surface area (Å²) in [6, 6.07) is 2.45. The SMILES string of the molecule is CCn1c(C)cc(C)c(C(=O)N2C[C@@H]3CC[C@H](C2)N(CC2CC2)C3)c1=O. The number of carbonyl (C=O) groups excluding carboxylic acids is 1. The Balaban J connectivity index is 1.60. The van der Waals surface area contributed by atoms with Crippen LogP contribution < -0.4 is 5.56 Å². The van der Waals surface area contributed by atoms with Crippen molar-refractivity contribution in [2.24, 2.45) is 11.8 Å². The second-order valence-corrected chi connectivity index (χ2v) is 8.60. The number of carbonyl (C=O) groups is 1. The summed E-state index contributed by atoms with van der Waals surface area (Å²) >= 11 is 0. The number of pyridine rings is 1. The van der Waals surface area contributed by atoms with Crippen LogP contribution in [0.3, 0.4) is 0 Å². The lowest BCUT2D eigenvalue weighted by Gasteiger charge is -2.36. The highest BCUT2D eigenvalue weighted by atomic mass is 16.2. The van der Waals surface area contributed by atoms with Crippen LogP contribution >= 0.6 is 0 Å². The number of amides is 1. The quantitative estimate of drug-likeness (QED) is 0.831. The number of hydrogen-bond acceptors (Lipinski definition) is 3. The summed E-state index contributed by atoms with van der Waals surface area (Å²) in [5.74, 6) is 1.38. The van der Waals surface area contributed by atoms with Crippen molar-refractivity contribution in [3.05, 3.63) is 33.2 Å². The van der Waals surface area contributed by atoms with E-state index < -0.39 is 0 Å². The molecule has 1 amide bonds. The Labute approximate surface area is 156 Å². The molecular weight excluding hydrogens is 326 g/mol. The number of aromatic nitrogens is 1. The van der Waals surface area contributed by atoms with E-state index in [1.165, 1.54) is 32.2 Å². The van der Waals surface area contributed by atoms with Crippen LogP contribution in [0, 0.1) is 25.7 Å². The first-order chi connectivity index (χ1) is 12.5. The Morgan fingerprint density at radius 1 is 1.12 bits per heavy atom. The molecule has 0 N–H and O–H groups in total. The van der Waals surface area contributed by atoms with Gasteiger partial charge in [0.05, 0.1) is 0 Å². The Kier molecular flexibility index (Phi) is 4.68. The van der Waals surface area contributed by atoms with Gasteiger partial charge in [-0.15, -0.1) is 0 Å². The Hall–Kier alpha value is -1.62. The highest BCUT2D eigenvalue weighted by Gasteiger charge is 2.39. The first-order valence-electron chi connectivity index (χ1n) is 10.2. The zero-order valence-electron chi connectivity index (χ0n) is 16.3. The van der Waals surface area contributed by atoms with Gasteiger partial charge < -0.3 is 9.47 Å². The van der Waals surface area contributed by atoms with Gasteiger partial charge in [-0.2, -0.15) is 0 Å². The second kappa shape index (κ2) is 6.84. The third-order valence-electron chi connectivity index (χ3n) is 6.54. The minimum Gasteiger partial charge on any atom is -0.337 e. The second-order valence-electron chi connectivity index (χ2n) is 8.60. The van der Waals surface area contributed by atoms with E-state index >= 15 is 0 Å². The minimum atomic E-state index is -0.124. The van der Waals surface area contributed by atoms with Gasteiger partial charge in [-0.1, -0.05) is 0 Å². The van der Waals surface area contributed by atoms with Gasteiger partial charge in [0.1, 0.15) is 5.56 Å². The maximum absolute atomic E-state index is 13.3. The number of rotatable bonds is 4. The van der Waals surface area contributed by atoms with Gasteiger partial charge in [-0.05, 0) is 69.9 Å². The zero-order valence-corrected chi connectivity index (χ0v) is 16.3. The van der Waals surface area contributed by atoms with Crippen molar-refractivity contribution < 1.29 is 4.79 Å². The molecule has 4 heterocycles. The molecule has 2 bridgehead atoms. The van der Waals surface area contributed by atoms with Crippen molar-refractivity contribution in [3.63, 3.8) is 0 Å². The van der Waals surface area contributed by atoms with Gasteiger partial charge >= 0.3 is 0 Å². The van der Waals surface area contributed by atoms with E-state index in [2.05, 4.69) is 4.90 Å². The van der Waals surface area contributed by atoms with Crippen molar-refractivity contribution in [2.45, 2.75) is 59.0 Å². The molecule has 26 heavy (non-hydrogen) atoms. The molecular formula is C21H31N3O2. The van der Waals surface area contributed by atoms with Gasteiger partial charge in [0.2, 0.25) is 0 Å². The Bertz CT molecular complexity index is 765. The molecule has 142 valence electrons. The monoisotopic (exact) mass is 357 g/mol.